The highest BCUT2D eigenvalue weighted by molar-refractivity contribution is 14.0. The van der Waals surface area contributed by atoms with Gasteiger partial charge in [0.1, 0.15) is 5.75 Å². The van der Waals surface area contributed by atoms with Gasteiger partial charge in [0.15, 0.2) is 5.96 Å². The molecule has 1 aromatic carbocycles. The van der Waals surface area contributed by atoms with Gasteiger partial charge in [-0.2, -0.15) is 5.10 Å². The number of nitrogens with zero attached hydrogens (tertiary/aromatic N) is 3. The Morgan fingerprint density at radius 1 is 1.18 bits per heavy atom. The van der Waals surface area contributed by atoms with Crippen LogP contribution in [0.3, 0.4) is 0 Å². The van der Waals surface area contributed by atoms with E-state index in [2.05, 4.69) is 55.6 Å². The molecular weight excluding hydrogens is 465 g/mol. The molecule has 0 spiro atoms. The normalized spacial score (nSPS) is 11.3. The lowest BCUT2D eigenvalue weighted by molar-refractivity contribution is 0.271. The van der Waals surface area contributed by atoms with Crippen molar-refractivity contribution in [3.63, 3.8) is 0 Å². The standard InChI is InChI=1S/C21H33N5O.HI/c1-7-22-21(24-13-20-16(4)25-26(6)17(20)5)23-12-18-8-10-19(11-9-18)27-14-15(2)3;/h8-11,15H,7,12-14H2,1-6H3,(H2,22,23,24);1H. The Labute approximate surface area is 186 Å². The fraction of sp³-hybridized carbons (Fsp3) is 0.524. The van der Waals surface area contributed by atoms with Gasteiger partial charge in [-0.3, -0.25) is 4.68 Å². The average molecular weight is 499 g/mol. The molecule has 0 saturated heterocycles. The molecule has 1 aromatic heterocycles. The van der Waals surface area contributed by atoms with E-state index in [9.17, 15) is 0 Å². The molecule has 0 aliphatic carbocycles. The Morgan fingerprint density at radius 2 is 1.86 bits per heavy atom. The van der Waals surface area contributed by atoms with E-state index in [0.29, 0.717) is 19.0 Å². The molecule has 6 nitrogen and oxygen atoms in total. The molecule has 0 radical (unpaired) electrons. The van der Waals surface area contributed by atoms with Crippen LogP contribution in [0.15, 0.2) is 29.3 Å². The van der Waals surface area contributed by atoms with Crippen molar-refractivity contribution in [3.05, 3.63) is 46.8 Å². The molecule has 156 valence electrons. The number of halogens is 1. The number of hydrogen-bond donors (Lipinski definition) is 2. The number of nitrogens with one attached hydrogen (secondary N) is 2. The molecule has 2 aromatic rings. The largest absolute Gasteiger partial charge is 0.493 e. The summed E-state index contributed by atoms with van der Waals surface area (Å²) < 4.78 is 7.65. The molecule has 2 rings (SSSR count). The molecule has 0 amide bonds. The van der Waals surface area contributed by atoms with Crippen molar-refractivity contribution < 1.29 is 4.74 Å². The molecule has 2 N–H and O–H groups in total. The van der Waals surface area contributed by atoms with Crippen LogP contribution in [-0.2, 0) is 20.1 Å². The molecule has 0 fully saturated rings. The zero-order valence-electron chi connectivity index (χ0n) is 17.9. The maximum absolute atomic E-state index is 5.73. The van der Waals surface area contributed by atoms with E-state index in [1.807, 2.05) is 30.8 Å². The summed E-state index contributed by atoms with van der Waals surface area (Å²) >= 11 is 0. The molecular formula is C21H34IN5O. The summed E-state index contributed by atoms with van der Waals surface area (Å²) in [6.07, 6.45) is 0. The molecule has 0 unspecified atom stereocenters. The topological polar surface area (TPSA) is 63.5 Å². The first kappa shape index (κ1) is 24.3. The lowest BCUT2D eigenvalue weighted by atomic mass is 10.2. The van der Waals surface area contributed by atoms with Gasteiger partial charge in [0, 0.05) is 31.4 Å². The molecule has 0 aliphatic rings. The van der Waals surface area contributed by atoms with Crippen molar-refractivity contribution in [2.24, 2.45) is 18.0 Å². The van der Waals surface area contributed by atoms with Crippen molar-refractivity contribution in [3.8, 4) is 5.75 Å². The summed E-state index contributed by atoms with van der Waals surface area (Å²) in [5.74, 6) is 2.24. The van der Waals surface area contributed by atoms with Gasteiger partial charge in [-0.1, -0.05) is 26.0 Å². The summed E-state index contributed by atoms with van der Waals surface area (Å²) in [4.78, 5) is 4.70. The highest BCUT2D eigenvalue weighted by atomic mass is 127. The molecule has 0 atom stereocenters. The Hall–Kier alpha value is -1.77. The molecule has 1 heterocycles. The predicted octanol–water partition coefficient (Wildman–Crippen LogP) is 3.95. The average Bonchev–Trinajstić information content (AvgIpc) is 2.88. The first-order valence-corrected chi connectivity index (χ1v) is 9.63. The van der Waals surface area contributed by atoms with Gasteiger partial charge in [0.25, 0.3) is 0 Å². The Morgan fingerprint density at radius 3 is 2.39 bits per heavy atom. The van der Waals surface area contributed by atoms with Gasteiger partial charge >= 0.3 is 0 Å². The van der Waals surface area contributed by atoms with Crippen molar-refractivity contribution in [2.45, 2.75) is 47.7 Å². The number of aliphatic imine (C=N–C) groups is 1. The fourth-order valence-electron chi connectivity index (χ4n) is 2.71. The van der Waals surface area contributed by atoms with E-state index in [-0.39, 0.29) is 24.0 Å². The van der Waals surface area contributed by atoms with Crippen LogP contribution >= 0.6 is 24.0 Å². The minimum atomic E-state index is 0. The minimum absolute atomic E-state index is 0. The molecule has 7 heteroatoms. The van der Waals surface area contributed by atoms with E-state index in [1.54, 1.807) is 0 Å². The third-order valence-corrected chi connectivity index (χ3v) is 4.36. The van der Waals surface area contributed by atoms with E-state index in [4.69, 9.17) is 9.73 Å². The van der Waals surface area contributed by atoms with Gasteiger partial charge in [-0.15, -0.1) is 24.0 Å². The third-order valence-electron chi connectivity index (χ3n) is 4.36. The van der Waals surface area contributed by atoms with Crippen LogP contribution < -0.4 is 15.4 Å². The number of guanidine groups is 1. The number of rotatable bonds is 8. The van der Waals surface area contributed by atoms with Crippen LogP contribution in [-0.4, -0.2) is 28.9 Å². The van der Waals surface area contributed by atoms with Gasteiger partial charge in [0.05, 0.1) is 18.8 Å². The summed E-state index contributed by atoms with van der Waals surface area (Å²) in [5.41, 5.74) is 4.59. The molecule has 0 aliphatic heterocycles. The van der Waals surface area contributed by atoms with Crippen LogP contribution in [0.25, 0.3) is 0 Å². The summed E-state index contributed by atoms with van der Waals surface area (Å²) in [6, 6.07) is 8.15. The number of ether oxygens (including phenoxy) is 1. The van der Waals surface area contributed by atoms with Crippen LogP contribution in [0.1, 0.15) is 43.3 Å². The maximum Gasteiger partial charge on any atom is 0.191 e. The monoisotopic (exact) mass is 499 g/mol. The summed E-state index contributed by atoms with van der Waals surface area (Å²) in [6.45, 7) is 13.4. The minimum Gasteiger partial charge on any atom is -0.493 e. The first-order valence-electron chi connectivity index (χ1n) is 9.63. The summed E-state index contributed by atoms with van der Waals surface area (Å²) in [5, 5.41) is 11.2. The van der Waals surface area contributed by atoms with Crippen LogP contribution in [0, 0.1) is 19.8 Å². The van der Waals surface area contributed by atoms with Gasteiger partial charge in [0.2, 0.25) is 0 Å². The second-order valence-electron chi connectivity index (χ2n) is 7.17. The molecule has 28 heavy (non-hydrogen) atoms. The SMILES string of the molecule is CCNC(=NCc1ccc(OCC(C)C)cc1)NCc1c(C)nn(C)c1C.I. The zero-order valence-corrected chi connectivity index (χ0v) is 20.2. The number of benzene rings is 1. The van der Waals surface area contributed by atoms with E-state index >= 15 is 0 Å². The number of aromatic nitrogens is 2. The molecule has 0 bridgehead atoms. The van der Waals surface area contributed by atoms with Gasteiger partial charge in [-0.05, 0) is 44.4 Å². The van der Waals surface area contributed by atoms with Crippen molar-refractivity contribution in [2.75, 3.05) is 13.2 Å². The molecule has 0 saturated carbocycles. The highest BCUT2D eigenvalue weighted by Crippen LogP contribution is 2.14. The Bertz CT molecular complexity index is 753. The van der Waals surface area contributed by atoms with E-state index < -0.39 is 0 Å². The first-order chi connectivity index (χ1) is 12.9. The maximum atomic E-state index is 5.73. The fourth-order valence-corrected chi connectivity index (χ4v) is 2.71. The van der Waals surface area contributed by atoms with Crippen molar-refractivity contribution in [1.82, 2.24) is 20.4 Å². The smallest absolute Gasteiger partial charge is 0.191 e. The third kappa shape index (κ3) is 7.33. The van der Waals surface area contributed by atoms with Crippen LogP contribution in [0.4, 0.5) is 0 Å². The van der Waals surface area contributed by atoms with Crippen molar-refractivity contribution >= 4 is 29.9 Å². The van der Waals surface area contributed by atoms with Gasteiger partial charge in [-0.25, -0.2) is 4.99 Å². The quantitative estimate of drug-likeness (QED) is 0.328. The number of hydrogen-bond acceptors (Lipinski definition) is 3. The lowest BCUT2D eigenvalue weighted by Gasteiger charge is -2.12. The summed E-state index contributed by atoms with van der Waals surface area (Å²) in [7, 11) is 1.97. The second kappa shape index (κ2) is 11.9. The van der Waals surface area contributed by atoms with Gasteiger partial charge < -0.3 is 15.4 Å². The van der Waals surface area contributed by atoms with Crippen molar-refractivity contribution in [1.29, 1.82) is 0 Å². The van der Waals surface area contributed by atoms with Crippen LogP contribution in [0.5, 0.6) is 5.75 Å². The zero-order chi connectivity index (χ0) is 19.8. The number of aryl methyl sites for hydroxylation is 2. The van der Waals surface area contributed by atoms with E-state index in [1.165, 1.54) is 11.3 Å². The predicted molar refractivity (Wildman–Crippen MR) is 127 cm³/mol. The highest BCUT2D eigenvalue weighted by Gasteiger charge is 2.09. The van der Waals surface area contributed by atoms with Crippen LogP contribution in [0.2, 0.25) is 0 Å². The van der Waals surface area contributed by atoms with E-state index in [0.717, 1.165) is 36.1 Å². The Balaban J connectivity index is 0.00000392. The Kier molecular flexibility index (Phi) is 10.3. The second-order valence-corrected chi connectivity index (χ2v) is 7.17. The lowest BCUT2D eigenvalue weighted by Crippen LogP contribution is -2.37.